The first kappa shape index (κ1) is 28.7. The van der Waals surface area contributed by atoms with E-state index in [0.29, 0.717) is 39.3 Å². The van der Waals surface area contributed by atoms with Gasteiger partial charge < -0.3 is 24.6 Å². The monoisotopic (exact) mass is 603 g/mol. The van der Waals surface area contributed by atoms with E-state index in [4.69, 9.17) is 4.42 Å². The third-order valence-corrected chi connectivity index (χ3v) is 10.6. The molecule has 2 aliphatic heterocycles. The van der Waals surface area contributed by atoms with Gasteiger partial charge in [0, 0.05) is 44.4 Å². The number of fused-ring (bicyclic) bond motifs is 1. The Hall–Kier alpha value is -3.45. The molecule has 0 bridgehead atoms. The van der Waals surface area contributed by atoms with Gasteiger partial charge in [-0.1, -0.05) is 0 Å². The zero-order valence-electron chi connectivity index (χ0n) is 23.4. The summed E-state index contributed by atoms with van der Waals surface area (Å²) in [4.78, 5) is 22.0. The van der Waals surface area contributed by atoms with Gasteiger partial charge in [-0.3, -0.25) is 9.52 Å². The van der Waals surface area contributed by atoms with Crippen molar-refractivity contribution in [3.63, 3.8) is 0 Å². The molecule has 3 aliphatic rings. The van der Waals surface area contributed by atoms with Crippen LogP contribution in [0.5, 0.6) is 0 Å². The van der Waals surface area contributed by atoms with Crippen LogP contribution in [0.3, 0.4) is 0 Å². The van der Waals surface area contributed by atoms with Gasteiger partial charge in [-0.2, -0.15) is 0 Å². The molecule has 3 fully saturated rings. The number of halogens is 2. The lowest BCUT2D eigenvalue weighted by molar-refractivity contribution is -0.0221. The maximum absolute atomic E-state index is 13.8. The number of benzene rings is 1. The van der Waals surface area contributed by atoms with Crippen molar-refractivity contribution in [2.75, 3.05) is 52.6 Å². The number of aliphatic hydroxyl groups excluding tert-OH is 1. The van der Waals surface area contributed by atoms with Gasteiger partial charge in [-0.15, -0.1) is 0 Å². The Morgan fingerprint density at radius 3 is 2.40 bits per heavy atom. The number of piperidine rings is 2. The largest absolute Gasteiger partial charge is 0.460 e. The van der Waals surface area contributed by atoms with Crippen molar-refractivity contribution >= 4 is 49.8 Å². The SMILES string of the molecule is C[C@@H](CO)S(=O)(=O)Nc1ccc(NC(=O)c2cc3ccoc3c(N3CCC(F)(F)CC3)n2)c(N2CCC3(CC2)CC3)c1. The molecule has 0 radical (unpaired) electrons. The van der Waals surface area contributed by atoms with E-state index in [9.17, 15) is 27.1 Å². The minimum Gasteiger partial charge on any atom is -0.460 e. The standard InChI is InChI=1S/C29H35F2N5O5S/c1-19(18-37)42(39,40)34-21-2-3-22(24(17-21)35-11-7-28(5-6-28)8-12-35)33-27(38)23-16-20-4-15-41-25(20)26(32-23)36-13-9-29(30,31)10-14-36/h2-4,15-17,19,34,37H,5-14,18H2,1H3,(H,33,38)/t19-/m0/s1. The van der Waals surface area contributed by atoms with Gasteiger partial charge >= 0.3 is 0 Å². The topological polar surface area (TPSA) is 128 Å². The lowest BCUT2D eigenvalue weighted by Crippen LogP contribution is -2.40. The molecule has 1 aromatic carbocycles. The molecule has 0 unspecified atom stereocenters. The van der Waals surface area contributed by atoms with Crippen molar-refractivity contribution in [1.29, 1.82) is 0 Å². The summed E-state index contributed by atoms with van der Waals surface area (Å²) >= 11 is 0. The number of hydrogen-bond acceptors (Lipinski definition) is 8. The van der Waals surface area contributed by atoms with Crippen molar-refractivity contribution in [1.82, 2.24) is 4.98 Å². The van der Waals surface area contributed by atoms with E-state index < -0.39 is 33.7 Å². The second-order valence-corrected chi connectivity index (χ2v) is 13.9. The van der Waals surface area contributed by atoms with E-state index in [1.54, 1.807) is 35.2 Å². The summed E-state index contributed by atoms with van der Waals surface area (Å²) in [5.74, 6) is -2.86. The predicted molar refractivity (Wildman–Crippen MR) is 157 cm³/mol. The van der Waals surface area contributed by atoms with Crippen molar-refractivity contribution in [3.8, 4) is 0 Å². The number of aromatic nitrogens is 1. The van der Waals surface area contributed by atoms with E-state index in [-0.39, 0.29) is 31.6 Å². The Morgan fingerprint density at radius 2 is 1.74 bits per heavy atom. The molecule has 1 atom stereocenters. The van der Waals surface area contributed by atoms with Crippen LogP contribution < -0.4 is 19.8 Å². The average Bonchev–Trinajstić information content (AvgIpc) is 3.53. The zero-order valence-corrected chi connectivity index (χ0v) is 24.2. The van der Waals surface area contributed by atoms with Gasteiger partial charge in [0.2, 0.25) is 10.0 Å². The number of anilines is 4. The highest BCUT2D eigenvalue weighted by atomic mass is 32.2. The molecule has 1 amide bonds. The van der Waals surface area contributed by atoms with Crippen molar-refractivity contribution in [2.24, 2.45) is 5.41 Å². The van der Waals surface area contributed by atoms with E-state index in [0.717, 1.165) is 25.9 Å². The number of aliphatic hydroxyl groups is 1. The Balaban J connectivity index is 1.29. The van der Waals surface area contributed by atoms with Crippen molar-refractivity contribution in [2.45, 2.75) is 56.6 Å². The normalized spacial score (nSPS) is 20.5. The minimum atomic E-state index is -3.81. The smallest absolute Gasteiger partial charge is 0.274 e. The molecule has 1 saturated carbocycles. The first-order valence-corrected chi connectivity index (χ1v) is 15.9. The first-order valence-electron chi connectivity index (χ1n) is 14.3. The molecule has 1 spiro atoms. The molecular weight excluding hydrogens is 568 g/mol. The summed E-state index contributed by atoms with van der Waals surface area (Å²) in [6, 6.07) is 8.23. The number of nitrogens with zero attached hydrogens (tertiary/aromatic N) is 3. The van der Waals surface area contributed by atoms with Crippen LogP contribution in [-0.2, 0) is 10.0 Å². The summed E-state index contributed by atoms with van der Waals surface area (Å²) < 4.78 is 61.1. The first-order chi connectivity index (χ1) is 20.0. The van der Waals surface area contributed by atoms with Crippen LogP contribution in [0.2, 0.25) is 0 Å². The molecule has 6 rings (SSSR count). The van der Waals surface area contributed by atoms with Gasteiger partial charge in [0.15, 0.2) is 11.4 Å². The summed E-state index contributed by atoms with van der Waals surface area (Å²) in [7, 11) is -3.81. The molecule has 4 heterocycles. The highest BCUT2D eigenvalue weighted by Gasteiger charge is 2.44. The highest BCUT2D eigenvalue weighted by Crippen LogP contribution is 2.54. The molecule has 13 heteroatoms. The molecule has 226 valence electrons. The van der Waals surface area contributed by atoms with E-state index in [1.165, 1.54) is 26.0 Å². The quantitative estimate of drug-likeness (QED) is 0.335. The maximum Gasteiger partial charge on any atom is 0.274 e. The van der Waals surface area contributed by atoms with Crippen LogP contribution in [0.4, 0.5) is 31.7 Å². The Kier molecular flexibility index (Phi) is 7.28. The second kappa shape index (κ2) is 10.7. The van der Waals surface area contributed by atoms with Crippen LogP contribution in [0.1, 0.15) is 55.9 Å². The fraction of sp³-hybridized carbons (Fsp3) is 0.517. The average molecular weight is 604 g/mol. The van der Waals surface area contributed by atoms with Gasteiger partial charge in [0.05, 0.1) is 29.9 Å². The molecule has 42 heavy (non-hydrogen) atoms. The fourth-order valence-corrected chi connectivity index (χ4v) is 6.60. The lowest BCUT2D eigenvalue weighted by atomic mass is 9.93. The molecule has 2 saturated heterocycles. The molecule has 3 N–H and O–H groups in total. The number of alkyl halides is 2. The summed E-state index contributed by atoms with van der Waals surface area (Å²) in [5, 5.41) is 12.0. The number of hydrogen-bond donors (Lipinski definition) is 3. The number of carbonyl (C=O) groups is 1. The third kappa shape index (κ3) is 5.76. The van der Waals surface area contributed by atoms with Crippen LogP contribution >= 0.6 is 0 Å². The van der Waals surface area contributed by atoms with Crippen LogP contribution in [-0.4, -0.2) is 68.4 Å². The number of amides is 1. The van der Waals surface area contributed by atoms with Crippen LogP contribution in [0, 0.1) is 5.41 Å². The molecule has 3 aromatic rings. The summed E-state index contributed by atoms with van der Waals surface area (Å²) in [6.45, 7) is 2.64. The molecular formula is C29H35F2N5O5S. The number of furan rings is 1. The summed E-state index contributed by atoms with van der Waals surface area (Å²) in [5.41, 5.74) is 2.47. The van der Waals surface area contributed by atoms with Crippen molar-refractivity contribution < 1.29 is 31.5 Å². The maximum atomic E-state index is 13.8. The van der Waals surface area contributed by atoms with E-state index in [2.05, 4.69) is 19.9 Å². The molecule has 10 nitrogen and oxygen atoms in total. The van der Waals surface area contributed by atoms with E-state index in [1.807, 2.05) is 0 Å². The summed E-state index contributed by atoms with van der Waals surface area (Å²) in [6.07, 6.45) is 5.37. The van der Waals surface area contributed by atoms with Gasteiger partial charge in [-0.05, 0) is 68.4 Å². The number of sulfonamides is 1. The fourth-order valence-electron chi connectivity index (χ4n) is 5.75. The van der Waals surface area contributed by atoms with Gasteiger partial charge in [0.25, 0.3) is 11.8 Å². The number of nitrogens with one attached hydrogen (secondary N) is 2. The zero-order chi connectivity index (χ0) is 29.7. The van der Waals surface area contributed by atoms with Crippen LogP contribution in [0.15, 0.2) is 41.0 Å². The van der Waals surface area contributed by atoms with Gasteiger partial charge in [0.1, 0.15) is 10.9 Å². The third-order valence-electron chi connectivity index (χ3n) is 8.86. The minimum absolute atomic E-state index is 0.0910. The van der Waals surface area contributed by atoms with Crippen LogP contribution in [0.25, 0.3) is 11.0 Å². The Bertz CT molecular complexity index is 1590. The van der Waals surface area contributed by atoms with Gasteiger partial charge in [-0.25, -0.2) is 22.2 Å². The van der Waals surface area contributed by atoms with Crippen molar-refractivity contribution in [3.05, 3.63) is 42.3 Å². The Labute approximate surface area is 243 Å². The predicted octanol–water partition coefficient (Wildman–Crippen LogP) is 4.82. The van der Waals surface area contributed by atoms with E-state index >= 15 is 0 Å². The molecule has 2 aromatic heterocycles. The number of rotatable bonds is 8. The molecule has 1 aliphatic carbocycles. The second-order valence-electron chi connectivity index (χ2n) is 11.8. The highest BCUT2D eigenvalue weighted by molar-refractivity contribution is 7.93. The lowest BCUT2D eigenvalue weighted by Gasteiger charge is -2.35. The number of pyridine rings is 1. The number of carbonyl (C=O) groups excluding carboxylic acids is 1. The Morgan fingerprint density at radius 1 is 1.05 bits per heavy atom.